The Morgan fingerprint density at radius 3 is 2.55 bits per heavy atom. The molecule has 108 valence electrons. The molecule has 0 radical (unpaired) electrons. The summed E-state index contributed by atoms with van der Waals surface area (Å²) in [5, 5.41) is 0. The van der Waals surface area contributed by atoms with Crippen molar-refractivity contribution in [1.82, 2.24) is 9.55 Å². The SMILES string of the molecule is Cn1ccnc1CCC(N)c1ccccc1C(C)(C)C. The van der Waals surface area contributed by atoms with Crippen molar-refractivity contribution >= 4 is 0 Å². The van der Waals surface area contributed by atoms with Crippen LogP contribution in [0.4, 0.5) is 0 Å². The van der Waals surface area contributed by atoms with E-state index >= 15 is 0 Å². The molecule has 0 saturated carbocycles. The minimum atomic E-state index is 0.0575. The first-order valence-electron chi connectivity index (χ1n) is 7.21. The van der Waals surface area contributed by atoms with Gasteiger partial charge in [0, 0.05) is 31.9 Å². The number of nitrogens with zero attached hydrogens (tertiary/aromatic N) is 2. The molecule has 2 rings (SSSR count). The van der Waals surface area contributed by atoms with Crippen molar-refractivity contribution in [3.05, 3.63) is 53.6 Å². The molecular formula is C17H25N3. The molecule has 0 aliphatic carbocycles. The second-order valence-electron chi connectivity index (χ2n) is 6.44. The Hall–Kier alpha value is -1.61. The Balaban J connectivity index is 2.14. The lowest BCUT2D eigenvalue weighted by Crippen LogP contribution is -2.20. The number of rotatable bonds is 4. The van der Waals surface area contributed by atoms with Crippen LogP contribution in [0.25, 0.3) is 0 Å². The summed E-state index contributed by atoms with van der Waals surface area (Å²) in [7, 11) is 2.02. The summed E-state index contributed by atoms with van der Waals surface area (Å²) >= 11 is 0. The zero-order valence-electron chi connectivity index (χ0n) is 12.9. The molecule has 2 N–H and O–H groups in total. The fourth-order valence-corrected chi connectivity index (χ4v) is 2.58. The van der Waals surface area contributed by atoms with E-state index in [4.69, 9.17) is 5.73 Å². The van der Waals surface area contributed by atoms with Gasteiger partial charge < -0.3 is 10.3 Å². The van der Waals surface area contributed by atoms with Crippen LogP contribution in [0.3, 0.4) is 0 Å². The van der Waals surface area contributed by atoms with Gasteiger partial charge >= 0.3 is 0 Å². The van der Waals surface area contributed by atoms with Crippen molar-refractivity contribution in [2.24, 2.45) is 12.8 Å². The molecule has 0 aliphatic rings. The van der Waals surface area contributed by atoms with Gasteiger partial charge in [0.15, 0.2) is 0 Å². The number of nitrogens with two attached hydrogens (primary N) is 1. The molecule has 1 atom stereocenters. The summed E-state index contributed by atoms with van der Waals surface area (Å²) in [6.45, 7) is 6.70. The van der Waals surface area contributed by atoms with Crippen LogP contribution in [0.2, 0.25) is 0 Å². The molecule has 0 aliphatic heterocycles. The highest BCUT2D eigenvalue weighted by atomic mass is 15.0. The van der Waals surface area contributed by atoms with Crippen LogP contribution in [0.5, 0.6) is 0 Å². The van der Waals surface area contributed by atoms with Gasteiger partial charge in [-0.3, -0.25) is 0 Å². The van der Waals surface area contributed by atoms with Gasteiger partial charge in [-0.1, -0.05) is 45.0 Å². The minimum absolute atomic E-state index is 0.0575. The predicted octanol–water partition coefficient (Wildman–Crippen LogP) is 3.35. The van der Waals surface area contributed by atoms with Crippen LogP contribution in [0, 0.1) is 0 Å². The van der Waals surface area contributed by atoms with Crippen LogP contribution in [0.1, 0.15) is 50.2 Å². The van der Waals surface area contributed by atoms with E-state index in [1.807, 2.05) is 19.4 Å². The van der Waals surface area contributed by atoms with E-state index in [1.54, 1.807) is 0 Å². The number of imidazole rings is 1. The minimum Gasteiger partial charge on any atom is -0.338 e. The highest BCUT2D eigenvalue weighted by Gasteiger charge is 2.20. The van der Waals surface area contributed by atoms with Crippen LogP contribution < -0.4 is 5.73 Å². The van der Waals surface area contributed by atoms with Crippen LogP contribution in [-0.2, 0) is 18.9 Å². The highest BCUT2D eigenvalue weighted by Crippen LogP contribution is 2.30. The summed E-state index contributed by atoms with van der Waals surface area (Å²) in [4.78, 5) is 4.36. The highest BCUT2D eigenvalue weighted by molar-refractivity contribution is 5.35. The normalized spacial score (nSPS) is 13.4. The predicted molar refractivity (Wildman–Crippen MR) is 83.6 cm³/mol. The van der Waals surface area contributed by atoms with Crippen LogP contribution in [-0.4, -0.2) is 9.55 Å². The lowest BCUT2D eigenvalue weighted by atomic mass is 9.81. The first kappa shape index (κ1) is 14.8. The van der Waals surface area contributed by atoms with Gasteiger partial charge in [-0.05, 0) is 23.0 Å². The maximum absolute atomic E-state index is 6.42. The van der Waals surface area contributed by atoms with E-state index in [2.05, 4.69) is 54.6 Å². The maximum atomic E-state index is 6.42. The molecule has 1 aromatic carbocycles. The van der Waals surface area contributed by atoms with Gasteiger partial charge in [0.25, 0.3) is 0 Å². The summed E-state index contributed by atoms with van der Waals surface area (Å²) in [5.41, 5.74) is 9.14. The molecule has 0 saturated heterocycles. The Morgan fingerprint density at radius 1 is 1.25 bits per heavy atom. The van der Waals surface area contributed by atoms with E-state index in [0.29, 0.717) is 0 Å². The topological polar surface area (TPSA) is 43.8 Å². The van der Waals surface area contributed by atoms with E-state index in [0.717, 1.165) is 18.7 Å². The van der Waals surface area contributed by atoms with Gasteiger partial charge in [0.2, 0.25) is 0 Å². The van der Waals surface area contributed by atoms with E-state index in [9.17, 15) is 0 Å². The Bertz CT molecular complexity index is 564. The lowest BCUT2D eigenvalue weighted by Gasteiger charge is -2.25. The maximum Gasteiger partial charge on any atom is 0.108 e. The second-order valence-corrected chi connectivity index (χ2v) is 6.44. The summed E-state index contributed by atoms with van der Waals surface area (Å²) in [5.74, 6) is 1.09. The molecule has 20 heavy (non-hydrogen) atoms. The third kappa shape index (κ3) is 3.28. The van der Waals surface area contributed by atoms with Crippen LogP contribution >= 0.6 is 0 Å². The molecular weight excluding hydrogens is 246 g/mol. The standard InChI is InChI=1S/C17H25N3/c1-17(2,3)14-8-6-5-7-13(14)15(18)9-10-16-19-11-12-20(16)4/h5-8,11-12,15H,9-10,18H2,1-4H3. The lowest BCUT2D eigenvalue weighted by molar-refractivity contribution is 0.555. The number of aromatic nitrogens is 2. The van der Waals surface area contributed by atoms with Crippen molar-refractivity contribution in [1.29, 1.82) is 0 Å². The van der Waals surface area contributed by atoms with Gasteiger partial charge in [-0.25, -0.2) is 4.98 Å². The monoisotopic (exact) mass is 271 g/mol. The molecule has 1 aromatic heterocycles. The Labute approximate surface area is 121 Å². The molecule has 0 spiro atoms. The van der Waals surface area contributed by atoms with Crippen LogP contribution in [0.15, 0.2) is 36.7 Å². The molecule has 2 aromatic rings. The zero-order chi connectivity index (χ0) is 14.8. The van der Waals surface area contributed by atoms with E-state index in [-0.39, 0.29) is 11.5 Å². The molecule has 1 heterocycles. The van der Waals surface area contributed by atoms with Gasteiger partial charge in [-0.2, -0.15) is 0 Å². The van der Waals surface area contributed by atoms with E-state index < -0.39 is 0 Å². The zero-order valence-corrected chi connectivity index (χ0v) is 12.9. The van der Waals surface area contributed by atoms with Crippen molar-refractivity contribution < 1.29 is 0 Å². The van der Waals surface area contributed by atoms with Gasteiger partial charge in [0.1, 0.15) is 5.82 Å². The molecule has 0 fully saturated rings. The largest absolute Gasteiger partial charge is 0.338 e. The molecule has 3 nitrogen and oxygen atoms in total. The van der Waals surface area contributed by atoms with Crippen molar-refractivity contribution in [2.45, 2.75) is 45.1 Å². The van der Waals surface area contributed by atoms with Gasteiger partial charge in [-0.15, -0.1) is 0 Å². The first-order chi connectivity index (χ1) is 9.39. The molecule has 1 unspecified atom stereocenters. The Kier molecular flexibility index (Phi) is 4.29. The third-order valence-electron chi connectivity index (χ3n) is 3.77. The summed E-state index contributed by atoms with van der Waals surface area (Å²) < 4.78 is 2.06. The van der Waals surface area contributed by atoms with E-state index in [1.165, 1.54) is 11.1 Å². The molecule has 0 amide bonds. The molecule has 0 bridgehead atoms. The molecule has 3 heteroatoms. The third-order valence-corrected chi connectivity index (χ3v) is 3.77. The smallest absolute Gasteiger partial charge is 0.108 e. The average molecular weight is 271 g/mol. The first-order valence-corrected chi connectivity index (χ1v) is 7.21. The summed E-state index contributed by atoms with van der Waals surface area (Å²) in [6.07, 6.45) is 5.63. The fourth-order valence-electron chi connectivity index (χ4n) is 2.58. The number of hydrogen-bond donors (Lipinski definition) is 1. The quantitative estimate of drug-likeness (QED) is 0.926. The average Bonchev–Trinajstić information content (AvgIpc) is 2.80. The van der Waals surface area contributed by atoms with Crippen molar-refractivity contribution in [2.75, 3.05) is 0 Å². The fraction of sp³-hybridized carbons (Fsp3) is 0.471. The van der Waals surface area contributed by atoms with Crippen molar-refractivity contribution in [3.8, 4) is 0 Å². The number of aryl methyl sites for hydroxylation is 2. The number of hydrogen-bond acceptors (Lipinski definition) is 2. The Morgan fingerprint density at radius 2 is 1.95 bits per heavy atom. The second kappa shape index (κ2) is 5.80. The van der Waals surface area contributed by atoms with Gasteiger partial charge in [0.05, 0.1) is 0 Å². The number of benzene rings is 1. The van der Waals surface area contributed by atoms with Crippen molar-refractivity contribution in [3.63, 3.8) is 0 Å². The summed E-state index contributed by atoms with van der Waals surface area (Å²) in [6, 6.07) is 8.57.